The molecule has 0 aromatic heterocycles. The van der Waals surface area contributed by atoms with Crippen LogP contribution >= 0.6 is 0 Å². The maximum absolute atomic E-state index is 14.4. The van der Waals surface area contributed by atoms with Crippen LogP contribution in [0.4, 0.5) is 10.1 Å². The lowest BCUT2D eigenvalue weighted by molar-refractivity contribution is 0.376. The van der Waals surface area contributed by atoms with E-state index in [4.69, 9.17) is 4.74 Å². The van der Waals surface area contributed by atoms with Crippen LogP contribution in [0.1, 0.15) is 30.4 Å². The number of benzene rings is 3. The second kappa shape index (κ2) is 8.84. The summed E-state index contributed by atoms with van der Waals surface area (Å²) in [7, 11) is 0. The minimum atomic E-state index is -0.235. The predicted molar refractivity (Wildman–Crippen MR) is 125 cm³/mol. The number of anilines is 1. The Hall–Kier alpha value is -3.27. The summed E-state index contributed by atoms with van der Waals surface area (Å²) in [5.74, 6) is 1.44. The molecule has 1 aliphatic rings. The van der Waals surface area contributed by atoms with E-state index in [2.05, 4.69) is 11.5 Å². The van der Waals surface area contributed by atoms with Gasteiger partial charge in [-0.25, -0.2) is 4.39 Å². The molecule has 0 radical (unpaired) electrons. The lowest BCUT2D eigenvalue weighted by Crippen LogP contribution is -2.29. The standard InChI is InChI=1S/C27H28FNO2/c1-18-9-14-26(28)25(16-18)24-7-4-8-27(20(24)3)31-23-12-10-21(11-13-23)29-15-5-6-22(29)17-19(2)30/h4,7-14,16,22,30H,2,5-6,15,17H2,1,3H3. The number of aliphatic hydroxyl groups excluding tert-OH is 1. The summed E-state index contributed by atoms with van der Waals surface area (Å²) in [5.41, 5.74) is 4.45. The van der Waals surface area contributed by atoms with Gasteiger partial charge in [0.05, 0.1) is 5.76 Å². The number of nitrogens with zero attached hydrogens (tertiary/aromatic N) is 1. The van der Waals surface area contributed by atoms with Gasteiger partial charge in [-0.3, -0.25) is 0 Å². The molecule has 0 saturated carbocycles. The normalized spacial score (nSPS) is 15.8. The van der Waals surface area contributed by atoms with Gasteiger partial charge in [0.15, 0.2) is 0 Å². The number of aryl methyl sites for hydroxylation is 1. The summed E-state index contributed by atoms with van der Waals surface area (Å²) >= 11 is 0. The van der Waals surface area contributed by atoms with Crippen molar-refractivity contribution in [3.63, 3.8) is 0 Å². The van der Waals surface area contributed by atoms with E-state index in [-0.39, 0.29) is 17.6 Å². The van der Waals surface area contributed by atoms with Crippen LogP contribution in [0, 0.1) is 19.7 Å². The third kappa shape index (κ3) is 4.58. The molecule has 31 heavy (non-hydrogen) atoms. The highest BCUT2D eigenvalue weighted by Crippen LogP contribution is 2.35. The molecule has 4 rings (SSSR count). The van der Waals surface area contributed by atoms with Crippen LogP contribution in [-0.2, 0) is 0 Å². The van der Waals surface area contributed by atoms with E-state index in [1.54, 1.807) is 6.07 Å². The second-order valence-electron chi connectivity index (χ2n) is 8.27. The highest BCUT2D eigenvalue weighted by molar-refractivity contribution is 5.71. The zero-order valence-corrected chi connectivity index (χ0v) is 18.1. The molecule has 1 fully saturated rings. The molecule has 1 unspecified atom stereocenters. The molecule has 4 heteroatoms. The summed E-state index contributed by atoms with van der Waals surface area (Å²) in [6.07, 6.45) is 2.76. The smallest absolute Gasteiger partial charge is 0.131 e. The minimum Gasteiger partial charge on any atom is -0.513 e. The van der Waals surface area contributed by atoms with Crippen molar-refractivity contribution >= 4 is 5.69 Å². The molecule has 3 aromatic rings. The molecule has 3 aromatic carbocycles. The molecule has 1 heterocycles. The summed E-state index contributed by atoms with van der Waals surface area (Å²) in [5, 5.41) is 9.58. The fourth-order valence-corrected chi connectivity index (χ4v) is 4.35. The van der Waals surface area contributed by atoms with Crippen LogP contribution in [0.15, 0.2) is 73.0 Å². The first-order chi connectivity index (χ1) is 14.9. The van der Waals surface area contributed by atoms with Crippen molar-refractivity contribution in [3.8, 4) is 22.6 Å². The summed E-state index contributed by atoms with van der Waals surface area (Å²) in [4.78, 5) is 2.32. The van der Waals surface area contributed by atoms with E-state index in [1.807, 2.05) is 62.4 Å². The van der Waals surface area contributed by atoms with Crippen molar-refractivity contribution in [2.75, 3.05) is 11.4 Å². The number of halogens is 1. The molecule has 1 N–H and O–H groups in total. The second-order valence-corrected chi connectivity index (χ2v) is 8.27. The molecule has 1 aliphatic heterocycles. The maximum atomic E-state index is 14.4. The van der Waals surface area contributed by atoms with Crippen molar-refractivity contribution in [2.24, 2.45) is 0 Å². The Bertz CT molecular complexity index is 1090. The third-order valence-corrected chi connectivity index (χ3v) is 5.94. The van der Waals surface area contributed by atoms with E-state index in [9.17, 15) is 9.50 Å². The average molecular weight is 418 g/mol. The number of ether oxygens (including phenoxy) is 1. The molecule has 0 spiro atoms. The Kier molecular flexibility index (Phi) is 5.99. The van der Waals surface area contributed by atoms with Crippen molar-refractivity contribution < 1.29 is 14.2 Å². The average Bonchev–Trinajstić information content (AvgIpc) is 3.19. The van der Waals surface area contributed by atoms with Crippen LogP contribution in [-0.4, -0.2) is 17.7 Å². The van der Waals surface area contributed by atoms with Gasteiger partial charge in [0.2, 0.25) is 0 Å². The van der Waals surface area contributed by atoms with Crippen LogP contribution in [0.2, 0.25) is 0 Å². The molecule has 0 bridgehead atoms. The number of aliphatic hydroxyl groups is 1. The number of hydrogen-bond acceptors (Lipinski definition) is 3. The van der Waals surface area contributed by atoms with Gasteiger partial charge in [-0.2, -0.15) is 0 Å². The highest BCUT2D eigenvalue weighted by Gasteiger charge is 2.25. The van der Waals surface area contributed by atoms with E-state index < -0.39 is 0 Å². The fraction of sp³-hybridized carbons (Fsp3) is 0.259. The molecular weight excluding hydrogens is 389 g/mol. The lowest BCUT2D eigenvalue weighted by Gasteiger charge is -2.26. The predicted octanol–water partition coefficient (Wildman–Crippen LogP) is 7.33. The Morgan fingerprint density at radius 1 is 1.10 bits per heavy atom. The van der Waals surface area contributed by atoms with Crippen LogP contribution in [0.3, 0.4) is 0 Å². The number of hydrogen-bond donors (Lipinski definition) is 1. The zero-order chi connectivity index (χ0) is 22.0. The molecular formula is C27H28FNO2. The van der Waals surface area contributed by atoms with Gasteiger partial charge < -0.3 is 14.7 Å². The Morgan fingerprint density at radius 2 is 1.87 bits per heavy atom. The monoisotopic (exact) mass is 417 g/mol. The van der Waals surface area contributed by atoms with Crippen molar-refractivity contribution in [1.29, 1.82) is 0 Å². The Labute approximate surface area is 183 Å². The molecule has 1 saturated heterocycles. The summed E-state index contributed by atoms with van der Waals surface area (Å²) in [6, 6.07) is 19.2. The maximum Gasteiger partial charge on any atom is 0.131 e. The quantitative estimate of drug-likeness (QED) is 0.426. The van der Waals surface area contributed by atoms with Gasteiger partial charge in [0.25, 0.3) is 0 Å². The largest absolute Gasteiger partial charge is 0.513 e. The molecule has 0 aliphatic carbocycles. The Morgan fingerprint density at radius 3 is 2.61 bits per heavy atom. The van der Waals surface area contributed by atoms with E-state index in [0.29, 0.717) is 17.7 Å². The van der Waals surface area contributed by atoms with Crippen molar-refractivity contribution in [3.05, 3.63) is 89.9 Å². The first-order valence-electron chi connectivity index (χ1n) is 10.7. The molecule has 0 amide bonds. The number of rotatable bonds is 6. The van der Waals surface area contributed by atoms with Crippen LogP contribution in [0.25, 0.3) is 11.1 Å². The lowest BCUT2D eigenvalue weighted by atomic mass is 9.98. The molecule has 160 valence electrons. The van der Waals surface area contributed by atoms with Crippen LogP contribution < -0.4 is 9.64 Å². The zero-order valence-electron chi connectivity index (χ0n) is 18.1. The van der Waals surface area contributed by atoms with Gasteiger partial charge in [-0.05, 0) is 80.3 Å². The van der Waals surface area contributed by atoms with E-state index in [1.165, 1.54) is 6.07 Å². The first kappa shape index (κ1) is 21.0. The van der Waals surface area contributed by atoms with E-state index in [0.717, 1.165) is 47.5 Å². The Balaban J connectivity index is 1.55. The molecule has 3 nitrogen and oxygen atoms in total. The van der Waals surface area contributed by atoms with Crippen LogP contribution in [0.5, 0.6) is 11.5 Å². The van der Waals surface area contributed by atoms with Gasteiger partial charge in [0, 0.05) is 30.3 Å². The highest BCUT2D eigenvalue weighted by atomic mass is 19.1. The van der Waals surface area contributed by atoms with Gasteiger partial charge in [-0.1, -0.05) is 30.3 Å². The first-order valence-corrected chi connectivity index (χ1v) is 10.7. The van der Waals surface area contributed by atoms with Gasteiger partial charge >= 0.3 is 0 Å². The topological polar surface area (TPSA) is 32.7 Å². The summed E-state index contributed by atoms with van der Waals surface area (Å²) < 4.78 is 20.6. The fourth-order valence-electron chi connectivity index (χ4n) is 4.35. The van der Waals surface area contributed by atoms with Crippen molar-refractivity contribution in [1.82, 2.24) is 0 Å². The molecule has 1 atom stereocenters. The van der Waals surface area contributed by atoms with Gasteiger partial charge in [0.1, 0.15) is 17.3 Å². The van der Waals surface area contributed by atoms with Crippen molar-refractivity contribution in [2.45, 2.75) is 39.2 Å². The SMILES string of the molecule is C=C(O)CC1CCCN1c1ccc(Oc2cccc(-c3cc(C)ccc3F)c2C)cc1. The minimum absolute atomic E-state index is 0.234. The van der Waals surface area contributed by atoms with Gasteiger partial charge in [-0.15, -0.1) is 0 Å². The van der Waals surface area contributed by atoms with E-state index >= 15 is 0 Å². The summed E-state index contributed by atoms with van der Waals surface area (Å²) in [6.45, 7) is 8.53. The third-order valence-electron chi connectivity index (χ3n) is 5.94.